The Hall–Kier alpha value is -1.35. The third kappa shape index (κ3) is 3.72. The van der Waals surface area contributed by atoms with Crippen LogP contribution in [0.1, 0.15) is 11.1 Å². The van der Waals surface area contributed by atoms with Gasteiger partial charge in [0.25, 0.3) is 0 Å². The minimum absolute atomic E-state index is 0.0570. The first-order chi connectivity index (χ1) is 7.13. The summed E-state index contributed by atoms with van der Waals surface area (Å²) in [6.07, 6.45) is 0. The molecule has 0 amide bonds. The fourth-order valence-corrected chi connectivity index (χ4v) is 1.22. The summed E-state index contributed by atoms with van der Waals surface area (Å²) in [5, 5.41) is 0. The standard InChI is InChI=1S/C12H16O3/c1-9-4-5-10(2)12(6-9)15-8-11(13)7-14-3/h4-6H,7-8H2,1-3H3. The molecule has 0 N–H and O–H groups in total. The summed E-state index contributed by atoms with van der Waals surface area (Å²) in [5.41, 5.74) is 2.15. The van der Waals surface area contributed by atoms with Crippen molar-refractivity contribution in [3.8, 4) is 5.75 Å². The first-order valence-corrected chi connectivity index (χ1v) is 4.84. The van der Waals surface area contributed by atoms with Crippen LogP contribution < -0.4 is 4.74 Å². The lowest BCUT2D eigenvalue weighted by atomic mass is 10.1. The van der Waals surface area contributed by atoms with Crippen molar-refractivity contribution in [2.24, 2.45) is 0 Å². The van der Waals surface area contributed by atoms with E-state index >= 15 is 0 Å². The molecule has 1 aromatic carbocycles. The number of carbonyl (C=O) groups is 1. The zero-order chi connectivity index (χ0) is 11.3. The predicted molar refractivity (Wildman–Crippen MR) is 58.3 cm³/mol. The second kappa shape index (κ2) is 5.51. The second-order valence-corrected chi connectivity index (χ2v) is 3.53. The van der Waals surface area contributed by atoms with Crippen molar-refractivity contribution in [1.29, 1.82) is 0 Å². The van der Waals surface area contributed by atoms with Gasteiger partial charge in [0.05, 0.1) is 0 Å². The van der Waals surface area contributed by atoms with Crippen LogP contribution in [0.4, 0.5) is 0 Å². The largest absolute Gasteiger partial charge is 0.485 e. The van der Waals surface area contributed by atoms with E-state index in [1.54, 1.807) is 0 Å². The van der Waals surface area contributed by atoms with Crippen LogP contribution in [0.2, 0.25) is 0 Å². The van der Waals surface area contributed by atoms with Crippen LogP contribution >= 0.6 is 0 Å². The van der Waals surface area contributed by atoms with Gasteiger partial charge in [0.15, 0.2) is 5.78 Å². The molecule has 0 radical (unpaired) electrons. The Morgan fingerprint density at radius 1 is 1.27 bits per heavy atom. The Morgan fingerprint density at radius 2 is 2.00 bits per heavy atom. The number of methoxy groups -OCH3 is 1. The van der Waals surface area contributed by atoms with E-state index in [2.05, 4.69) is 0 Å². The summed E-state index contributed by atoms with van der Waals surface area (Å²) in [4.78, 5) is 11.2. The van der Waals surface area contributed by atoms with E-state index in [0.717, 1.165) is 16.9 Å². The van der Waals surface area contributed by atoms with Crippen LogP contribution in [0.3, 0.4) is 0 Å². The van der Waals surface area contributed by atoms with Gasteiger partial charge in [-0.25, -0.2) is 0 Å². The third-order valence-corrected chi connectivity index (χ3v) is 2.04. The number of aryl methyl sites for hydroxylation is 2. The van der Waals surface area contributed by atoms with Gasteiger partial charge in [0, 0.05) is 7.11 Å². The maximum absolute atomic E-state index is 11.2. The summed E-state index contributed by atoms with van der Waals surface area (Å²) >= 11 is 0. The molecule has 0 atom stereocenters. The van der Waals surface area contributed by atoms with Crippen LogP contribution in [0.25, 0.3) is 0 Å². The molecule has 0 saturated heterocycles. The van der Waals surface area contributed by atoms with Crippen molar-refractivity contribution in [2.45, 2.75) is 13.8 Å². The lowest BCUT2D eigenvalue weighted by Gasteiger charge is -2.08. The Labute approximate surface area is 90.0 Å². The molecular formula is C12H16O3. The Kier molecular flexibility index (Phi) is 4.31. The summed E-state index contributed by atoms with van der Waals surface area (Å²) in [7, 11) is 1.50. The highest BCUT2D eigenvalue weighted by atomic mass is 16.5. The molecule has 82 valence electrons. The maximum atomic E-state index is 11.2. The van der Waals surface area contributed by atoms with Gasteiger partial charge >= 0.3 is 0 Å². The molecule has 0 fully saturated rings. The molecule has 0 heterocycles. The second-order valence-electron chi connectivity index (χ2n) is 3.53. The van der Waals surface area contributed by atoms with Gasteiger partial charge in [-0.2, -0.15) is 0 Å². The van der Waals surface area contributed by atoms with E-state index in [-0.39, 0.29) is 19.0 Å². The first kappa shape index (κ1) is 11.7. The molecule has 0 aliphatic heterocycles. The fourth-order valence-electron chi connectivity index (χ4n) is 1.22. The Morgan fingerprint density at radius 3 is 2.67 bits per heavy atom. The highest BCUT2D eigenvalue weighted by molar-refractivity contribution is 5.81. The van der Waals surface area contributed by atoms with Crippen molar-refractivity contribution in [3.63, 3.8) is 0 Å². The molecule has 1 rings (SSSR count). The quantitative estimate of drug-likeness (QED) is 0.741. The molecule has 3 heteroatoms. The topological polar surface area (TPSA) is 35.5 Å². The van der Waals surface area contributed by atoms with E-state index in [0.29, 0.717) is 0 Å². The number of hydrogen-bond acceptors (Lipinski definition) is 3. The minimum atomic E-state index is -0.0570. The van der Waals surface area contributed by atoms with Gasteiger partial charge < -0.3 is 9.47 Å². The maximum Gasteiger partial charge on any atom is 0.195 e. The Bertz CT molecular complexity index is 345. The van der Waals surface area contributed by atoms with E-state index in [9.17, 15) is 4.79 Å². The zero-order valence-electron chi connectivity index (χ0n) is 9.37. The Balaban J connectivity index is 2.57. The van der Waals surface area contributed by atoms with Crippen LogP contribution in [-0.2, 0) is 9.53 Å². The van der Waals surface area contributed by atoms with Gasteiger partial charge in [-0.15, -0.1) is 0 Å². The van der Waals surface area contributed by atoms with Gasteiger partial charge in [-0.05, 0) is 31.0 Å². The number of ketones is 1. The number of Topliss-reactive ketones (excluding diaryl/α,β-unsaturated/α-hetero) is 1. The highest BCUT2D eigenvalue weighted by Crippen LogP contribution is 2.18. The van der Waals surface area contributed by atoms with Gasteiger partial charge in [-0.1, -0.05) is 12.1 Å². The lowest BCUT2D eigenvalue weighted by molar-refractivity contribution is -0.124. The molecule has 0 bridgehead atoms. The van der Waals surface area contributed by atoms with Crippen molar-refractivity contribution < 1.29 is 14.3 Å². The average molecular weight is 208 g/mol. The fraction of sp³-hybridized carbons (Fsp3) is 0.417. The van der Waals surface area contributed by atoms with Gasteiger partial charge in [-0.3, -0.25) is 4.79 Å². The SMILES string of the molecule is COCC(=O)COc1cc(C)ccc1C. The monoisotopic (exact) mass is 208 g/mol. The molecule has 0 spiro atoms. The number of hydrogen-bond donors (Lipinski definition) is 0. The van der Waals surface area contributed by atoms with E-state index in [1.807, 2.05) is 32.0 Å². The smallest absolute Gasteiger partial charge is 0.195 e. The number of carbonyl (C=O) groups excluding carboxylic acids is 1. The average Bonchev–Trinajstić information content (AvgIpc) is 2.20. The van der Waals surface area contributed by atoms with Crippen molar-refractivity contribution in [1.82, 2.24) is 0 Å². The predicted octanol–water partition coefficient (Wildman–Crippen LogP) is 1.90. The number of benzene rings is 1. The van der Waals surface area contributed by atoms with Crippen molar-refractivity contribution >= 4 is 5.78 Å². The third-order valence-electron chi connectivity index (χ3n) is 2.04. The summed E-state index contributed by atoms with van der Waals surface area (Å²) in [6, 6.07) is 5.92. The molecule has 3 nitrogen and oxygen atoms in total. The van der Waals surface area contributed by atoms with E-state index in [1.165, 1.54) is 7.11 Å². The molecule has 0 saturated carbocycles. The number of rotatable bonds is 5. The zero-order valence-corrected chi connectivity index (χ0v) is 9.37. The van der Waals surface area contributed by atoms with E-state index < -0.39 is 0 Å². The molecular weight excluding hydrogens is 192 g/mol. The van der Waals surface area contributed by atoms with Gasteiger partial charge in [0.2, 0.25) is 0 Å². The number of ether oxygens (including phenoxy) is 2. The van der Waals surface area contributed by atoms with Crippen LogP contribution in [0.5, 0.6) is 5.75 Å². The van der Waals surface area contributed by atoms with Crippen LogP contribution in [0.15, 0.2) is 18.2 Å². The molecule has 15 heavy (non-hydrogen) atoms. The molecule has 0 unspecified atom stereocenters. The lowest BCUT2D eigenvalue weighted by Crippen LogP contribution is -2.16. The van der Waals surface area contributed by atoms with Crippen LogP contribution in [-0.4, -0.2) is 26.1 Å². The molecule has 0 aromatic heterocycles. The molecule has 0 aliphatic rings. The normalized spacial score (nSPS) is 10.1. The minimum Gasteiger partial charge on any atom is -0.485 e. The summed E-state index contributed by atoms with van der Waals surface area (Å²) < 4.78 is 10.1. The highest BCUT2D eigenvalue weighted by Gasteiger charge is 2.04. The summed E-state index contributed by atoms with van der Waals surface area (Å²) in [5.74, 6) is 0.706. The first-order valence-electron chi connectivity index (χ1n) is 4.84. The van der Waals surface area contributed by atoms with Crippen LogP contribution in [0, 0.1) is 13.8 Å². The molecule has 0 aliphatic carbocycles. The molecule has 1 aromatic rings. The van der Waals surface area contributed by atoms with Crippen molar-refractivity contribution in [2.75, 3.05) is 20.3 Å². The van der Waals surface area contributed by atoms with Gasteiger partial charge in [0.1, 0.15) is 19.0 Å². The van der Waals surface area contributed by atoms with Crippen molar-refractivity contribution in [3.05, 3.63) is 29.3 Å². The summed E-state index contributed by atoms with van der Waals surface area (Å²) in [6.45, 7) is 4.11. The van der Waals surface area contributed by atoms with E-state index in [4.69, 9.17) is 9.47 Å².